The van der Waals surface area contributed by atoms with Crippen LogP contribution >= 0.6 is 28.1 Å². The molecule has 8 heteroatoms. The number of nitrogens with zero attached hydrogens (tertiary/aromatic N) is 2. The van der Waals surface area contributed by atoms with Crippen molar-refractivity contribution in [3.8, 4) is 11.5 Å². The average Bonchev–Trinajstić information content (AvgIpc) is 3.36. The Balaban J connectivity index is 1.41. The van der Waals surface area contributed by atoms with E-state index in [1.807, 2.05) is 80.7 Å². The van der Waals surface area contributed by atoms with Gasteiger partial charge in [-0.2, -0.15) is 0 Å². The molecular formula is C29H26BrN3O3S. The first kappa shape index (κ1) is 25.0. The third-order valence-corrected chi connectivity index (χ3v) is 6.92. The van der Waals surface area contributed by atoms with Crippen LogP contribution in [-0.2, 0) is 11.3 Å². The zero-order valence-corrected chi connectivity index (χ0v) is 22.9. The first-order chi connectivity index (χ1) is 17.9. The summed E-state index contributed by atoms with van der Waals surface area (Å²) in [6.45, 7) is 5.73. The van der Waals surface area contributed by atoms with Gasteiger partial charge in [0.2, 0.25) is 0 Å². The van der Waals surface area contributed by atoms with Crippen molar-refractivity contribution >= 4 is 61.8 Å². The lowest BCUT2D eigenvalue weighted by Crippen LogP contribution is -2.30. The predicted octanol–water partition coefficient (Wildman–Crippen LogP) is 6.45. The first-order valence-corrected chi connectivity index (χ1v) is 13.2. The van der Waals surface area contributed by atoms with E-state index in [4.69, 9.17) is 21.7 Å². The summed E-state index contributed by atoms with van der Waals surface area (Å²) in [6, 6.07) is 21.5. The number of amides is 1. The second kappa shape index (κ2) is 10.8. The van der Waals surface area contributed by atoms with Crippen molar-refractivity contribution in [2.75, 3.05) is 18.1 Å². The molecule has 1 N–H and O–H groups in total. The number of thiocarbonyl (C=S) groups is 1. The molecule has 0 aliphatic carbocycles. The van der Waals surface area contributed by atoms with Gasteiger partial charge in [-0.15, -0.1) is 0 Å². The molecule has 37 heavy (non-hydrogen) atoms. The van der Waals surface area contributed by atoms with E-state index < -0.39 is 0 Å². The Hall–Kier alpha value is -3.62. The van der Waals surface area contributed by atoms with Gasteiger partial charge < -0.3 is 19.4 Å². The minimum atomic E-state index is -0.201. The third-order valence-electron chi connectivity index (χ3n) is 6.14. The lowest BCUT2D eigenvalue weighted by atomic mass is 10.1. The molecule has 0 spiro atoms. The normalized spacial score (nSPS) is 14.5. The summed E-state index contributed by atoms with van der Waals surface area (Å²) in [7, 11) is 0. The molecule has 1 fully saturated rings. The van der Waals surface area contributed by atoms with Crippen LogP contribution in [0.3, 0.4) is 0 Å². The maximum absolute atomic E-state index is 13.3. The van der Waals surface area contributed by atoms with Gasteiger partial charge in [-0.3, -0.25) is 9.69 Å². The fourth-order valence-electron chi connectivity index (χ4n) is 4.35. The SMILES string of the molecule is CCOc1ccc(N2C(=O)/C(=C/c3cn(CCOc4ccccc4C)c4ccc(Br)cc34)NC2=S)cc1. The first-order valence-electron chi connectivity index (χ1n) is 12.0. The monoisotopic (exact) mass is 575 g/mol. The molecule has 2 heterocycles. The maximum atomic E-state index is 13.3. The van der Waals surface area contributed by atoms with E-state index >= 15 is 0 Å². The number of nitrogens with one attached hydrogen (secondary N) is 1. The molecular weight excluding hydrogens is 550 g/mol. The van der Waals surface area contributed by atoms with E-state index in [1.54, 1.807) is 0 Å². The minimum absolute atomic E-state index is 0.201. The van der Waals surface area contributed by atoms with Crippen molar-refractivity contribution in [2.24, 2.45) is 0 Å². The van der Waals surface area contributed by atoms with Crippen LogP contribution in [0.4, 0.5) is 5.69 Å². The third kappa shape index (κ3) is 5.26. The number of aromatic nitrogens is 1. The molecule has 0 bridgehead atoms. The zero-order chi connectivity index (χ0) is 25.9. The molecule has 1 aliphatic rings. The highest BCUT2D eigenvalue weighted by molar-refractivity contribution is 9.10. The van der Waals surface area contributed by atoms with Crippen LogP contribution in [-0.4, -0.2) is 28.8 Å². The van der Waals surface area contributed by atoms with Gasteiger partial charge in [-0.1, -0.05) is 34.1 Å². The van der Waals surface area contributed by atoms with Gasteiger partial charge in [-0.25, -0.2) is 0 Å². The molecule has 0 saturated carbocycles. The van der Waals surface area contributed by atoms with Crippen molar-refractivity contribution in [3.05, 3.63) is 94.2 Å². The largest absolute Gasteiger partial charge is 0.494 e. The summed E-state index contributed by atoms with van der Waals surface area (Å²) >= 11 is 9.09. The molecule has 1 aliphatic heterocycles. The van der Waals surface area contributed by atoms with Crippen molar-refractivity contribution in [3.63, 3.8) is 0 Å². The Morgan fingerprint density at radius 1 is 1.05 bits per heavy atom. The standard InChI is InChI=1S/C29H26BrN3O3S/c1-3-35-23-11-9-22(10-12-23)33-28(34)25(31-29(33)37)16-20-18-32(26-13-8-21(30)17-24(20)26)14-15-36-27-7-5-4-6-19(27)2/h4-13,16-18H,3,14-15H2,1-2H3,(H,31,37)/b25-16-. The van der Waals surface area contributed by atoms with Gasteiger partial charge in [0.1, 0.15) is 23.8 Å². The Morgan fingerprint density at radius 3 is 2.59 bits per heavy atom. The van der Waals surface area contributed by atoms with Crippen LogP contribution in [0, 0.1) is 6.92 Å². The molecule has 0 unspecified atom stereocenters. The molecule has 4 aromatic rings. The number of para-hydroxylation sites is 1. The number of fused-ring (bicyclic) bond motifs is 1. The number of halogens is 1. The smallest absolute Gasteiger partial charge is 0.281 e. The molecule has 3 aromatic carbocycles. The van der Waals surface area contributed by atoms with Crippen molar-refractivity contribution in [1.82, 2.24) is 9.88 Å². The van der Waals surface area contributed by atoms with Gasteiger partial charge in [0, 0.05) is 27.1 Å². The molecule has 0 radical (unpaired) electrons. The number of carbonyl (C=O) groups is 1. The number of anilines is 1. The number of hydrogen-bond donors (Lipinski definition) is 1. The fourth-order valence-corrected chi connectivity index (χ4v) is 5.01. The second-order valence-electron chi connectivity index (χ2n) is 8.61. The van der Waals surface area contributed by atoms with Crippen LogP contribution in [0.15, 0.2) is 83.1 Å². The maximum Gasteiger partial charge on any atom is 0.281 e. The predicted molar refractivity (Wildman–Crippen MR) is 155 cm³/mol. The van der Waals surface area contributed by atoms with Crippen LogP contribution in [0.5, 0.6) is 11.5 Å². The second-order valence-corrected chi connectivity index (χ2v) is 9.91. The highest BCUT2D eigenvalue weighted by atomic mass is 79.9. The van der Waals surface area contributed by atoms with Crippen LogP contribution in [0.1, 0.15) is 18.1 Å². The number of benzene rings is 3. The summed E-state index contributed by atoms with van der Waals surface area (Å²) in [4.78, 5) is 14.8. The highest BCUT2D eigenvalue weighted by Gasteiger charge is 2.32. The number of rotatable bonds is 8. The minimum Gasteiger partial charge on any atom is -0.494 e. The summed E-state index contributed by atoms with van der Waals surface area (Å²) in [5.74, 6) is 1.43. The van der Waals surface area contributed by atoms with Crippen molar-refractivity contribution < 1.29 is 14.3 Å². The number of hydrogen-bond acceptors (Lipinski definition) is 4. The summed E-state index contributed by atoms with van der Waals surface area (Å²) in [5, 5.41) is 4.46. The number of carbonyl (C=O) groups excluding carboxylic acids is 1. The van der Waals surface area contributed by atoms with Crippen LogP contribution in [0.25, 0.3) is 17.0 Å². The van der Waals surface area contributed by atoms with Crippen molar-refractivity contribution in [1.29, 1.82) is 0 Å². The van der Waals surface area contributed by atoms with Gasteiger partial charge >= 0.3 is 0 Å². The Kier molecular flexibility index (Phi) is 7.30. The van der Waals surface area contributed by atoms with E-state index in [9.17, 15) is 4.79 Å². The quantitative estimate of drug-likeness (QED) is 0.193. The van der Waals surface area contributed by atoms with Gasteiger partial charge in [-0.05, 0) is 86.2 Å². The molecule has 188 valence electrons. The summed E-state index contributed by atoms with van der Waals surface area (Å²) in [6.07, 6.45) is 3.90. The van der Waals surface area contributed by atoms with Crippen LogP contribution < -0.4 is 19.7 Å². The van der Waals surface area contributed by atoms with Gasteiger partial charge in [0.15, 0.2) is 5.11 Å². The summed E-state index contributed by atoms with van der Waals surface area (Å²) in [5.41, 5.74) is 4.19. The number of aryl methyl sites for hydroxylation is 1. The summed E-state index contributed by atoms with van der Waals surface area (Å²) < 4.78 is 14.7. The molecule has 0 atom stereocenters. The van der Waals surface area contributed by atoms with Crippen molar-refractivity contribution in [2.45, 2.75) is 20.4 Å². The lowest BCUT2D eigenvalue weighted by Gasteiger charge is -2.14. The molecule has 6 nitrogen and oxygen atoms in total. The van der Waals surface area contributed by atoms with E-state index in [0.717, 1.165) is 38.0 Å². The van der Waals surface area contributed by atoms with E-state index in [2.05, 4.69) is 37.9 Å². The van der Waals surface area contributed by atoms with Gasteiger partial charge in [0.05, 0.1) is 18.8 Å². The van der Waals surface area contributed by atoms with Crippen LogP contribution in [0.2, 0.25) is 0 Å². The topological polar surface area (TPSA) is 55.7 Å². The highest BCUT2D eigenvalue weighted by Crippen LogP contribution is 2.29. The average molecular weight is 577 g/mol. The molecule has 1 saturated heterocycles. The number of ether oxygens (including phenoxy) is 2. The Morgan fingerprint density at radius 2 is 1.84 bits per heavy atom. The Bertz CT molecular complexity index is 1510. The van der Waals surface area contributed by atoms with E-state index in [1.165, 1.54) is 4.90 Å². The van der Waals surface area contributed by atoms with E-state index in [0.29, 0.717) is 36.3 Å². The zero-order valence-electron chi connectivity index (χ0n) is 20.5. The lowest BCUT2D eigenvalue weighted by molar-refractivity contribution is -0.113. The molecule has 1 aromatic heterocycles. The molecule has 1 amide bonds. The molecule has 5 rings (SSSR count). The van der Waals surface area contributed by atoms with E-state index in [-0.39, 0.29) is 5.91 Å². The van der Waals surface area contributed by atoms with Gasteiger partial charge in [0.25, 0.3) is 5.91 Å². The fraction of sp³-hybridized carbons (Fsp3) is 0.172. The Labute approximate surface area is 229 Å².